The van der Waals surface area contributed by atoms with Crippen molar-refractivity contribution < 1.29 is 27.9 Å². The van der Waals surface area contributed by atoms with Crippen LogP contribution in [-0.4, -0.2) is 43.5 Å². The number of hydrogen-bond acceptors (Lipinski definition) is 5. The summed E-state index contributed by atoms with van der Waals surface area (Å²) in [4.78, 5) is 23.6. The minimum absolute atomic E-state index is 0.194. The number of carbonyl (C=O) groups excluding carboxylic acids is 1. The van der Waals surface area contributed by atoms with E-state index in [1.807, 2.05) is 0 Å². The van der Waals surface area contributed by atoms with Crippen molar-refractivity contribution in [3.63, 3.8) is 0 Å². The summed E-state index contributed by atoms with van der Waals surface area (Å²) < 4.78 is 29.4. The van der Waals surface area contributed by atoms with Crippen LogP contribution in [-0.2, 0) is 19.4 Å². The third-order valence-corrected chi connectivity index (χ3v) is 6.65. The lowest BCUT2D eigenvalue weighted by Crippen LogP contribution is -2.39. The molecule has 7 nitrogen and oxygen atoms in total. The molecule has 2 rings (SSSR count). The molecule has 0 saturated heterocycles. The SMILES string of the molecule is COc1ccc(C(NC(=O)CS(=O)(=O)C2CCCC2)C(=O)O)cc1Cl. The van der Waals surface area contributed by atoms with Gasteiger partial charge in [-0.1, -0.05) is 30.5 Å². The number of sulfone groups is 1. The van der Waals surface area contributed by atoms with E-state index in [4.69, 9.17) is 16.3 Å². The molecule has 2 N–H and O–H groups in total. The van der Waals surface area contributed by atoms with Gasteiger partial charge in [-0.15, -0.1) is 0 Å². The van der Waals surface area contributed by atoms with E-state index in [-0.39, 0.29) is 10.6 Å². The highest BCUT2D eigenvalue weighted by Gasteiger charge is 2.32. The van der Waals surface area contributed by atoms with Crippen LogP contribution >= 0.6 is 11.6 Å². The van der Waals surface area contributed by atoms with Crippen LogP contribution in [0.1, 0.15) is 37.3 Å². The molecule has 1 aliphatic rings. The van der Waals surface area contributed by atoms with Crippen LogP contribution in [0.4, 0.5) is 0 Å². The standard InChI is InChI=1S/C16H20ClNO6S/c1-24-13-7-6-10(8-12(13)17)15(16(20)21)18-14(19)9-25(22,23)11-4-2-3-5-11/h6-8,11,15H,2-5,9H2,1H3,(H,18,19)(H,20,21). The number of nitrogens with one attached hydrogen (secondary N) is 1. The maximum atomic E-state index is 12.2. The summed E-state index contributed by atoms with van der Waals surface area (Å²) in [5, 5.41) is 11.3. The Labute approximate surface area is 151 Å². The molecule has 1 aromatic carbocycles. The topological polar surface area (TPSA) is 110 Å². The fourth-order valence-corrected chi connectivity index (χ4v) is 4.90. The van der Waals surface area contributed by atoms with Crippen molar-refractivity contribution in [3.05, 3.63) is 28.8 Å². The highest BCUT2D eigenvalue weighted by atomic mass is 35.5. The molecular weight excluding hydrogens is 370 g/mol. The predicted molar refractivity (Wildman–Crippen MR) is 92.6 cm³/mol. The van der Waals surface area contributed by atoms with Crippen molar-refractivity contribution in [3.8, 4) is 5.75 Å². The van der Waals surface area contributed by atoms with E-state index in [9.17, 15) is 23.1 Å². The quantitative estimate of drug-likeness (QED) is 0.737. The summed E-state index contributed by atoms with van der Waals surface area (Å²) >= 11 is 5.98. The number of carboxylic acid groups (broad SMARTS) is 1. The van der Waals surface area contributed by atoms with Gasteiger partial charge in [-0.2, -0.15) is 0 Å². The summed E-state index contributed by atoms with van der Waals surface area (Å²) in [6, 6.07) is 2.91. The number of benzene rings is 1. The van der Waals surface area contributed by atoms with Crippen molar-refractivity contribution in [1.82, 2.24) is 5.32 Å². The molecular formula is C16H20ClNO6S. The van der Waals surface area contributed by atoms with E-state index in [0.717, 1.165) is 12.8 Å². The van der Waals surface area contributed by atoms with Gasteiger partial charge in [-0.25, -0.2) is 13.2 Å². The number of ether oxygens (including phenoxy) is 1. The van der Waals surface area contributed by atoms with Gasteiger partial charge >= 0.3 is 5.97 Å². The van der Waals surface area contributed by atoms with Gasteiger partial charge < -0.3 is 15.2 Å². The number of carbonyl (C=O) groups is 2. The monoisotopic (exact) mass is 389 g/mol. The Bertz CT molecular complexity index is 758. The fraction of sp³-hybridized carbons (Fsp3) is 0.500. The van der Waals surface area contributed by atoms with E-state index in [1.165, 1.54) is 25.3 Å². The summed E-state index contributed by atoms with van der Waals surface area (Å²) in [6.45, 7) is 0. The summed E-state index contributed by atoms with van der Waals surface area (Å²) in [5.74, 6) is -2.51. The molecule has 0 bridgehead atoms. The highest BCUT2D eigenvalue weighted by molar-refractivity contribution is 7.92. The lowest BCUT2D eigenvalue weighted by atomic mass is 10.1. The molecule has 1 atom stereocenters. The second kappa shape index (κ2) is 8.05. The molecule has 0 heterocycles. The van der Waals surface area contributed by atoms with E-state index >= 15 is 0 Å². The van der Waals surface area contributed by atoms with E-state index in [0.29, 0.717) is 18.6 Å². The largest absolute Gasteiger partial charge is 0.495 e. The number of halogens is 1. The van der Waals surface area contributed by atoms with Crippen molar-refractivity contribution in [2.45, 2.75) is 37.0 Å². The first-order chi connectivity index (χ1) is 11.7. The van der Waals surface area contributed by atoms with E-state index in [2.05, 4.69) is 5.32 Å². The minimum Gasteiger partial charge on any atom is -0.495 e. The minimum atomic E-state index is -3.58. The third kappa shape index (κ3) is 4.85. The van der Waals surface area contributed by atoms with Gasteiger partial charge in [0.15, 0.2) is 15.9 Å². The Balaban J connectivity index is 2.12. The molecule has 1 unspecified atom stereocenters. The fourth-order valence-electron chi connectivity index (χ4n) is 2.90. The molecule has 138 valence electrons. The first-order valence-electron chi connectivity index (χ1n) is 7.82. The van der Waals surface area contributed by atoms with Gasteiger partial charge in [-0.3, -0.25) is 4.79 Å². The van der Waals surface area contributed by atoms with Gasteiger partial charge in [0.05, 0.1) is 17.4 Å². The van der Waals surface area contributed by atoms with Crippen molar-refractivity contribution in [1.29, 1.82) is 0 Å². The van der Waals surface area contributed by atoms with Crippen molar-refractivity contribution in [2.24, 2.45) is 0 Å². The first kappa shape index (κ1) is 19.5. The Morgan fingerprint density at radius 3 is 2.52 bits per heavy atom. The maximum Gasteiger partial charge on any atom is 0.330 e. The number of methoxy groups -OCH3 is 1. The van der Waals surface area contributed by atoms with Crippen LogP contribution in [0.15, 0.2) is 18.2 Å². The molecule has 9 heteroatoms. The molecule has 1 amide bonds. The van der Waals surface area contributed by atoms with Crippen molar-refractivity contribution >= 4 is 33.3 Å². The van der Waals surface area contributed by atoms with Gasteiger partial charge in [0.1, 0.15) is 11.5 Å². The van der Waals surface area contributed by atoms with Gasteiger partial charge in [0, 0.05) is 0 Å². The number of rotatable bonds is 7. The van der Waals surface area contributed by atoms with Gasteiger partial charge in [0.25, 0.3) is 0 Å². The van der Waals surface area contributed by atoms with E-state index in [1.54, 1.807) is 0 Å². The number of aliphatic carboxylic acids is 1. The van der Waals surface area contributed by atoms with Crippen LogP contribution in [0.25, 0.3) is 0 Å². The summed E-state index contributed by atoms with van der Waals surface area (Å²) in [6.07, 6.45) is 2.75. The van der Waals surface area contributed by atoms with Gasteiger partial charge in [0.2, 0.25) is 5.91 Å². The normalized spacial score (nSPS) is 16.4. The predicted octanol–water partition coefficient (Wildman–Crippen LogP) is 1.95. The first-order valence-corrected chi connectivity index (χ1v) is 9.91. The molecule has 1 saturated carbocycles. The smallest absolute Gasteiger partial charge is 0.330 e. The van der Waals surface area contributed by atoms with Crippen molar-refractivity contribution in [2.75, 3.05) is 12.9 Å². The molecule has 1 aromatic rings. The number of hydrogen-bond donors (Lipinski definition) is 2. The molecule has 1 aliphatic carbocycles. The summed E-state index contributed by atoms with van der Waals surface area (Å²) in [5.41, 5.74) is 0.227. The second-order valence-corrected chi connectivity index (χ2v) is 8.63. The molecule has 0 radical (unpaired) electrons. The summed E-state index contributed by atoms with van der Waals surface area (Å²) in [7, 11) is -2.16. The Hall–Kier alpha value is -1.80. The average Bonchev–Trinajstić information content (AvgIpc) is 3.07. The van der Waals surface area contributed by atoms with Crippen LogP contribution in [0.5, 0.6) is 5.75 Å². The Morgan fingerprint density at radius 2 is 2.00 bits per heavy atom. The average molecular weight is 390 g/mol. The zero-order valence-electron chi connectivity index (χ0n) is 13.7. The van der Waals surface area contributed by atoms with Crippen LogP contribution in [0.2, 0.25) is 5.02 Å². The number of carboxylic acids is 1. The molecule has 0 aromatic heterocycles. The Morgan fingerprint density at radius 1 is 1.36 bits per heavy atom. The van der Waals surface area contributed by atoms with Gasteiger partial charge in [-0.05, 0) is 30.5 Å². The zero-order chi connectivity index (χ0) is 18.6. The second-order valence-electron chi connectivity index (χ2n) is 5.95. The van der Waals surface area contributed by atoms with E-state index < -0.39 is 38.8 Å². The van der Waals surface area contributed by atoms with Crippen LogP contribution < -0.4 is 10.1 Å². The Kier molecular flexibility index (Phi) is 6.29. The molecule has 25 heavy (non-hydrogen) atoms. The maximum absolute atomic E-state index is 12.2. The van der Waals surface area contributed by atoms with Crippen LogP contribution in [0.3, 0.4) is 0 Å². The number of amides is 1. The lowest BCUT2D eigenvalue weighted by Gasteiger charge is -2.17. The molecule has 1 fully saturated rings. The van der Waals surface area contributed by atoms with Crippen LogP contribution in [0, 0.1) is 0 Å². The molecule has 0 spiro atoms. The molecule has 0 aliphatic heterocycles. The zero-order valence-corrected chi connectivity index (χ0v) is 15.3. The lowest BCUT2D eigenvalue weighted by molar-refractivity contribution is -0.141. The highest BCUT2D eigenvalue weighted by Crippen LogP contribution is 2.28. The third-order valence-electron chi connectivity index (χ3n) is 4.20.